The van der Waals surface area contributed by atoms with Crippen molar-refractivity contribution in [2.75, 3.05) is 25.4 Å². The van der Waals surface area contributed by atoms with Crippen LogP contribution in [0.3, 0.4) is 0 Å². The number of rotatable bonds is 4. The second-order valence-corrected chi connectivity index (χ2v) is 5.87. The number of amides is 1. The van der Waals surface area contributed by atoms with E-state index in [1.165, 1.54) is 12.2 Å². The molecule has 15 heavy (non-hydrogen) atoms. The Morgan fingerprint density at radius 1 is 1.60 bits per heavy atom. The molecule has 1 aliphatic rings. The third kappa shape index (κ3) is 4.43. The third-order valence-electron chi connectivity index (χ3n) is 2.57. The number of hydrogen-bond acceptors (Lipinski definition) is 3. The molecule has 1 heterocycles. The van der Waals surface area contributed by atoms with Gasteiger partial charge in [0, 0.05) is 18.3 Å². The van der Waals surface area contributed by atoms with Crippen molar-refractivity contribution in [2.45, 2.75) is 31.9 Å². The van der Waals surface area contributed by atoms with Crippen molar-refractivity contribution < 1.29 is 4.79 Å². The molecule has 1 rings (SSSR count). The largest absolute Gasteiger partial charge is 0.340 e. The number of nitrogens with zero attached hydrogens (tertiary/aromatic N) is 1. The van der Waals surface area contributed by atoms with E-state index in [0.717, 1.165) is 25.4 Å². The van der Waals surface area contributed by atoms with Crippen LogP contribution in [-0.4, -0.2) is 41.4 Å². The Bertz CT molecular complexity index is 209. The van der Waals surface area contributed by atoms with E-state index in [9.17, 15) is 4.79 Å². The number of carbonyl (C=O) groups is 1. The molecule has 0 aliphatic carbocycles. The lowest BCUT2D eigenvalue weighted by molar-refractivity contribution is -0.130. The molecule has 0 saturated carbocycles. The van der Waals surface area contributed by atoms with Crippen molar-refractivity contribution in [3.63, 3.8) is 0 Å². The molecule has 1 amide bonds. The zero-order chi connectivity index (χ0) is 11.3. The van der Waals surface area contributed by atoms with Gasteiger partial charge in [0.15, 0.2) is 0 Å². The maximum atomic E-state index is 11.4. The average Bonchev–Trinajstić information content (AvgIpc) is 2.25. The number of likely N-dealkylation sites (tertiary alicyclic amines) is 1. The Balaban J connectivity index is 2.32. The Morgan fingerprint density at radius 3 is 2.93 bits per heavy atom. The van der Waals surface area contributed by atoms with Gasteiger partial charge in [-0.15, -0.1) is 0 Å². The van der Waals surface area contributed by atoms with Crippen LogP contribution in [0.25, 0.3) is 0 Å². The van der Waals surface area contributed by atoms with E-state index >= 15 is 0 Å². The SMILES string of the molecule is CC(C)CSC1CCCN(C(=O)CN)C1. The number of carbonyl (C=O) groups excluding carboxylic acids is 1. The van der Waals surface area contributed by atoms with Gasteiger partial charge in [-0.25, -0.2) is 0 Å². The molecule has 1 atom stereocenters. The molecule has 1 aliphatic heterocycles. The Labute approximate surface area is 96.8 Å². The van der Waals surface area contributed by atoms with Gasteiger partial charge in [0.2, 0.25) is 5.91 Å². The highest BCUT2D eigenvalue weighted by atomic mass is 32.2. The minimum Gasteiger partial charge on any atom is -0.340 e. The summed E-state index contributed by atoms with van der Waals surface area (Å²) in [6, 6.07) is 0. The van der Waals surface area contributed by atoms with Crippen LogP contribution in [-0.2, 0) is 4.79 Å². The normalized spacial score (nSPS) is 22.1. The first-order valence-corrected chi connectivity index (χ1v) is 6.77. The van der Waals surface area contributed by atoms with Gasteiger partial charge in [-0.2, -0.15) is 11.8 Å². The van der Waals surface area contributed by atoms with Crippen molar-refractivity contribution in [1.29, 1.82) is 0 Å². The summed E-state index contributed by atoms with van der Waals surface area (Å²) in [6.45, 7) is 6.42. The Morgan fingerprint density at radius 2 is 2.33 bits per heavy atom. The van der Waals surface area contributed by atoms with Gasteiger partial charge in [-0.05, 0) is 24.5 Å². The van der Waals surface area contributed by atoms with Crippen molar-refractivity contribution in [1.82, 2.24) is 4.90 Å². The van der Waals surface area contributed by atoms with Crippen LogP contribution < -0.4 is 5.73 Å². The predicted molar refractivity (Wildman–Crippen MR) is 66.0 cm³/mol. The van der Waals surface area contributed by atoms with Crippen LogP contribution in [0, 0.1) is 5.92 Å². The summed E-state index contributed by atoms with van der Waals surface area (Å²) in [5.41, 5.74) is 5.37. The second-order valence-electron chi connectivity index (χ2n) is 4.54. The summed E-state index contributed by atoms with van der Waals surface area (Å²) in [5.74, 6) is 2.02. The minimum atomic E-state index is 0.102. The van der Waals surface area contributed by atoms with Crippen LogP contribution >= 0.6 is 11.8 Å². The Hall–Kier alpha value is -0.220. The standard InChI is InChI=1S/C11H22N2OS/c1-9(2)8-15-10-4-3-5-13(7-10)11(14)6-12/h9-10H,3-8,12H2,1-2H3. The van der Waals surface area contributed by atoms with Crippen LogP contribution in [0.2, 0.25) is 0 Å². The molecule has 4 heteroatoms. The predicted octanol–water partition coefficient (Wildman–Crippen LogP) is 1.33. The van der Waals surface area contributed by atoms with E-state index in [4.69, 9.17) is 5.73 Å². The highest BCUT2D eigenvalue weighted by Gasteiger charge is 2.22. The lowest BCUT2D eigenvalue weighted by Crippen LogP contribution is -2.44. The second kappa shape index (κ2) is 6.38. The molecule has 1 saturated heterocycles. The fourth-order valence-electron chi connectivity index (χ4n) is 1.76. The summed E-state index contributed by atoms with van der Waals surface area (Å²) < 4.78 is 0. The van der Waals surface area contributed by atoms with E-state index in [2.05, 4.69) is 13.8 Å². The van der Waals surface area contributed by atoms with Gasteiger partial charge >= 0.3 is 0 Å². The first-order valence-electron chi connectivity index (χ1n) is 5.73. The zero-order valence-corrected chi connectivity index (χ0v) is 10.6. The lowest BCUT2D eigenvalue weighted by atomic mass is 10.1. The minimum absolute atomic E-state index is 0.102. The molecule has 0 aromatic carbocycles. The van der Waals surface area contributed by atoms with E-state index in [0.29, 0.717) is 5.25 Å². The van der Waals surface area contributed by atoms with E-state index in [1.807, 2.05) is 16.7 Å². The smallest absolute Gasteiger partial charge is 0.236 e. The maximum Gasteiger partial charge on any atom is 0.236 e. The van der Waals surface area contributed by atoms with Gasteiger partial charge in [0.05, 0.1) is 6.54 Å². The van der Waals surface area contributed by atoms with Gasteiger partial charge in [0.1, 0.15) is 0 Å². The summed E-state index contributed by atoms with van der Waals surface area (Å²) in [5, 5.41) is 0.622. The monoisotopic (exact) mass is 230 g/mol. The van der Waals surface area contributed by atoms with Gasteiger partial charge in [-0.1, -0.05) is 13.8 Å². The van der Waals surface area contributed by atoms with Crippen LogP contribution in [0.15, 0.2) is 0 Å². The molecule has 3 nitrogen and oxygen atoms in total. The molecule has 88 valence electrons. The Kier molecular flexibility index (Phi) is 5.47. The van der Waals surface area contributed by atoms with E-state index in [-0.39, 0.29) is 12.5 Å². The molecule has 2 N–H and O–H groups in total. The van der Waals surface area contributed by atoms with Gasteiger partial charge < -0.3 is 10.6 Å². The quantitative estimate of drug-likeness (QED) is 0.792. The number of thioether (sulfide) groups is 1. The molecule has 1 fully saturated rings. The van der Waals surface area contributed by atoms with Crippen molar-refractivity contribution in [2.24, 2.45) is 11.7 Å². The van der Waals surface area contributed by atoms with E-state index < -0.39 is 0 Å². The molecule has 0 spiro atoms. The fraction of sp³-hybridized carbons (Fsp3) is 0.909. The molecule has 0 aromatic rings. The first-order chi connectivity index (χ1) is 7.13. The highest BCUT2D eigenvalue weighted by Crippen LogP contribution is 2.24. The topological polar surface area (TPSA) is 46.3 Å². The zero-order valence-electron chi connectivity index (χ0n) is 9.74. The van der Waals surface area contributed by atoms with Crippen molar-refractivity contribution in [3.8, 4) is 0 Å². The number of piperidine rings is 1. The summed E-state index contributed by atoms with van der Waals surface area (Å²) in [7, 11) is 0. The van der Waals surface area contributed by atoms with Gasteiger partial charge in [-0.3, -0.25) is 4.79 Å². The molecular formula is C11H22N2OS. The molecular weight excluding hydrogens is 208 g/mol. The maximum absolute atomic E-state index is 11.4. The van der Waals surface area contributed by atoms with Crippen molar-refractivity contribution >= 4 is 17.7 Å². The number of hydrogen-bond donors (Lipinski definition) is 1. The van der Waals surface area contributed by atoms with E-state index in [1.54, 1.807) is 0 Å². The summed E-state index contributed by atoms with van der Waals surface area (Å²) >= 11 is 2.00. The molecule has 0 bridgehead atoms. The summed E-state index contributed by atoms with van der Waals surface area (Å²) in [4.78, 5) is 13.4. The average molecular weight is 230 g/mol. The molecule has 1 unspecified atom stereocenters. The molecule has 0 aromatic heterocycles. The fourth-order valence-corrected chi connectivity index (χ4v) is 3.03. The number of nitrogens with two attached hydrogens (primary N) is 1. The first kappa shape index (κ1) is 12.8. The van der Waals surface area contributed by atoms with Gasteiger partial charge in [0.25, 0.3) is 0 Å². The summed E-state index contributed by atoms with van der Waals surface area (Å²) in [6.07, 6.45) is 2.37. The van der Waals surface area contributed by atoms with Crippen LogP contribution in [0.1, 0.15) is 26.7 Å². The van der Waals surface area contributed by atoms with Crippen molar-refractivity contribution in [3.05, 3.63) is 0 Å². The molecule has 0 radical (unpaired) electrons. The third-order valence-corrected chi connectivity index (χ3v) is 4.29. The highest BCUT2D eigenvalue weighted by molar-refractivity contribution is 7.99. The lowest BCUT2D eigenvalue weighted by Gasteiger charge is -2.32. The van der Waals surface area contributed by atoms with Crippen LogP contribution in [0.5, 0.6) is 0 Å². The van der Waals surface area contributed by atoms with Crippen LogP contribution in [0.4, 0.5) is 0 Å².